The fraction of sp³-hybridized carbons (Fsp3) is 0.327. The lowest BCUT2D eigenvalue weighted by Crippen LogP contribution is -2.45. The number of halogens is 2. The summed E-state index contributed by atoms with van der Waals surface area (Å²) in [7, 11) is 1.83. The van der Waals surface area contributed by atoms with Crippen molar-refractivity contribution in [3.05, 3.63) is 160 Å². The first kappa shape index (κ1) is 53.6. The van der Waals surface area contributed by atoms with E-state index in [1.165, 1.54) is 24.3 Å². The van der Waals surface area contributed by atoms with Gasteiger partial charge in [0.15, 0.2) is 0 Å². The molecular weight excluding hydrogens is 971 g/mol. The van der Waals surface area contributed by atoms with Crippen LogP contribution < -0.4 is 15.4 Å². The molecule has 2 heterocycles. The van der Waals surface area contributed by atoms with Gasteiger partial charge in [0.1, 0.15) is 17.0 Å². The van der Waals surface area contributed by atoms with Crippen LogP contribution in [0.15, 0.2) is 131 Å². The number of rotatable bonds is 21. The molecule has 0 spiro atoms. The summed E-state index contributed by atoms with van der Waals surface area (Å²) in [5.74, 6) is 6.43. The Hall–Kier alpha value is -6.19. The monoisotopic (exact) mass is 1030 g/mol. The van der Waals surface area contributed by atoms with E-state index < -0.39 is 20.4 Å². The number of amides is 1. The van der Waals surface area contributed by atoms with Crippen LogP contribution in [-0.4, -0.2) is 117 Å². The molecule has 0 saturated carbocycles. The zero-order valence-corrected chi connectivity index (χ0v) is 43.7. The van der Waals surface area contributed by atoms with Crippen LogP contribution in [0.25, 0.3) is 22.4 Å². The molecule has 2 atom stereocenters. The third-order valence-electron chi connectivity index (χ3n) is 12.5. The molecule has 17 heteroatoms. The molecule has 1 fully saturated rings. The molecule has 1 aliphatic rings. The fourth-order valence-corrected chi connectivity index (χ4v) is 10.9. The third kappa shape index (κ3) is 14.1. The molecular formula is C55H62ClFN8O5S2. The molecule has 1 saturated heterocycles. The van der Waals surface area contributed by atoms with Gasteiger partial charge >= 0.3 is 0 Å². The molecule has 0 bridgehead atoms. The number of piperazine rings is 1. The number of nitrogens with zero attached hydrogens (tertiary/aromatic N) is 5. The van der Waals surface area contributed by atoms with Gasteiger partial charge in [0.2, 0.25) is 0 Å². The number of thioether (sulfide) groups is 1. The number of carbonyl (C=O) groups is 1. The number of likely N-dealkylation sites (N-methyl/N-ethyl adjacent to an activating group) is 1. The summed E-state index contributed by atoms with van der Waals surface area (Å²) in [4.78, 5) is 33.7. The van der Waals surface area contributed by atoms with E-state index in [0.717, 1.165) is 62.2 Å². The summed E-state index contributed by atoms with van der Waals surface area (Å²) < 4.78 is 46.1. The minimum absolute atomic E-state index is 0.136. The van der Waals surface area contributed by atoms with Crippen LogP contribution in [0, 0.1) is 34.7 Å². The summed E-state index contributed by atoms with van der Waals surface area (Å²) in [5.41, 5.74) is 4.86. The Balaban J connectivity index is 1.10. The Bertz CT molecular complexity index is 2990. The second kappa shape index (κ2) is 25.0. The Labute approximate surface area is 432 Å². The Morgan fingerprint density at radius 1 is 0.903 bits per heavy atom. The predicted molar refractivity (Wildman–Crippen MR) is 290 cm³/mol. The van der Waals surface area contributed by atoms with Crippen molar-refractivity contribution in [2.24, 2.45) is 0 Å². The SMILES string of the molecule is CCC(Cl)n1c(C)c(C(=O)NCCCN2CCN(C)CC2)c(-c2cccc(C#Cc3ccc(NS(=O)(=O)c4ccc(N[C@H](CCN(C)C)CSc5ccccc5)c([N+](=O)[O-])c4)cc3)c2)c1-c1ccc(F)cc1. The topological polar surface area (TPSA) is 145 Å². The van der Waals surface area contributed by atoms with Crippen LogP contribution in [0.5, 0.6) is 0 Å². The number of nitro benzene ring substituents is 1. The van der Waals surface area contributed by atoms with E-state index in [1.54, 1.807) is 48.2 Å². The van der Waals surface area contributed by atoms with Crippen molar-refractivity contribution in [3.63, 3.8) is 0 Å². The Morgan fingerprint density at radius 2 is 1.61 bits per heavy atom. The molecule has 0 radical (unpaired) electrons. The number of benzene rings is 5. The summed E-state index contributed by atoms with van der Waals surface area (Å²) in [6.45, 7) is 10.0. The van der Waals surface area contributed by atoms with Gasteiger partial charge in [-0.05, 0) is 156 Å². The Morgan fingerprint density at radius 3 is 2.29 bits per heavy atom. The first-order valence-electron chi connectivity index (χ1n) is 24.1. The second-order valence-corrected chi connectivity index (χ2v) is 21.4. The number of sulfonamides is 1. The van der Waals surface area contributed by atoms with E-state index in [9.17, 15) is 27.7 Å². The van der Waals surface area contributed by atoms with Gasteiger partial charge in [-0.1, -0.05) is 60.7 Å². The van der Waals surface area contributed by atoms with Crippen molar-refractivity contribution in [1.29, 1.82) is 0 Å². The normalized spacial score (nSPS) is 14.1. The van der Waals surface area contributed by atoms with Crippen LogP contribution >= 0.6 is 23.4 Å². The van der Waals surface area contributed by atoms with E-state index in [2.05, 4.69) is 44.0 Å². The van der Waals surface area contributed by atoms with Crippen molar-refractivity contribution >= 4 is 56.4 Å². The van der Waals surface area contributed by atoms with E-state index in [-0.39, 0.29) is 39.7 Å². The maximum atomic E-state index is 14.3. The Kier molecular flexibility index (Phi) is 18.6. The second-order valence-electron chi connectivity index (χ2n) is 18.2. The van der Waals surface area contributed by atoms with Crippen LogP contribution in [0.2, 0.25) is 0 Å². The van der Waals surface area contributed by atoms with Gasteiger partial charge in [-0.2, -0.15) is 0 Å². The number of carbonyl (C=O) groups excluding carboxylic acids is 1. The van der Waals surface area contributed by atoms with Gasteiger partial charge in [-0.15, -0.1) is 11.8 Å². The molecule has 72 heavy (non-hydrogen) atoms. The summed E-state index contributed by atoms with van der Waals surface area (Å²) in [6.07, 6.45) is 2.08. The average Bonchev–Trinajstić information content (AvgIpc) is 3.69. The highest BCUT2D eigenvalue weighted by molar-refractivity contribution is 7.99. The van der Waals surface area contributed by atoms with Gasteiger partial charge in [-0.25, -0.2) is 12.8 Å². The average molecular weight is 1030 g/mol. The molecule has 0 aliphatic carbocycles. The number of aromatic nitrogens is 1. The highest BCUT2D eigenvalue weighted by atomic mass is 35.5. The smallest absolute Gasteiger partial charge is 0.293 e. The van der Waals surface area contributed by atoms with Crippen molar-refractivity contribution in [2.75, 3.05) is 82.7 Å². The lowest BCUT2D eigenvalue weighted by atomic mass is 9.95. The molecule has 378 valence electrons. The highest BCUT2D eigenvalue weighted by Crippen LogP contribution is 2.43. The molecule has 5 aromatic carbocycles. The number of alkyl halides is 1. The largest absolute Gasteiger partial charge is 0.376 e. The molecule has 13 nitrogen and oxygen atoms in total. The summed E-state index contributed by atoms with van der Waals surface area (Å²) in [6, 6.07) is 33.9. The van der Waals surface area contributed by atoms with Crippen LogP contribution in [0.3, 0.4) is 0 Å². The maximum Gasteiger partial charge on any atom is 0.293 e. The zero-order valence-electron chi connectivity index (χ0n) is 41.3. The van der Waals surface area contributed by atoms with E-state index in [4.69, 9.17) is 11.6 Å². The van der Waals surface area contributed by atoms with E-state index in [0.29, 0.717) is 64.3 Å². The molecule has 1 aliphatic heterocycles. The van der Waals surface area contributed by atoms with E-state index >= 15 is 0 Å². The maximum absolute atomic E-state index is 14.3. The van der Waals surface area contributed by atoms with Gasteiger partial charge < -0.3 is 29.9 Å². The summed E-state index contributed by atoms with van der Waals surface area (Å²) in [5, 5.41) is 18.8. The standard InChI is InChI=1S/C55H62ClFN8O5S2/c1-6-51(56)64-39(2)52(55(66)58-29-11-30-63-34-32-62(5)33-35-63)53(54(64)42-20-22-44(57)23-21-42)43-13-10-12-41(36-43)17-16-40-18-24-45(25-19-40)60-72(69,70)48-26-27-49(50(37-48)65(67)68)59-46(28-31-61(3)4)38-71-47-14-8-7-9-15-47/h7-10,12-15,18-27,36-37,46,51,59-60H,6,11,28-35,38H2,1-5H3,(H,58,66)/t46-,51?/m1/s1. The summed E-state index contributed by atoms with van der Waals surface area (Å²) >= 11 is 8.69. The quantitative estimate of drug-likeness (QED) is 0.0159. The van der Waals surface area contributed by atoms with Gasteiger partial charge in [0.25, 0.3) is 21.6 Å². The lowest BCUT2D eigenvalue weighted by Gasteiger charge is -2.32. The van der Waals surface area contributed by atoms with Crippen molar-refractivity contribution < 1.29 is 22.5 Å². The number of hydrogen-bond acceptors (Lipinski definition) is 10. The molecule has 1 aromatic heterocycles. The van der Waals surface area contributed by atoms with Crippen molar-refractivity contribution in [2.45, 2.75) is 54.4 Å². The molecule has 1 amide bonds. The van der Waals surface area contributed by atoms with Gasteiger partial charge in [0.05, 0.1) is 21.1 Å². The van der Waals surface area contributed by atoms with Crippen LogP contribution in [0.1, 0.15) is 58.9 Å². The zero-order chi connectivity index (χ0) is 51.4. The van der Waals surface area contributed by atoms with E-state index in [1.807, 2.05) is 92.0 Å². The highest BCUT2D eigenvalue weighted by Gasteiger charge is 2.30. The number of anilines is 2. The molecule has 7 rings (SSSR count). The minimum atomic E-state index is -4.23. The van der Waals surface area contributed by atoms with Crippen LogP contribution in [-0.2, 0) is 10.0 Å². The number of nitro groups is 1. The minimum Gasteiger partial charge on any atom is -0.376 e. The fourth-order valence-electron chi connectivity index (χ4n) is 8.58. The lowest BCUT2D eigenvalue weighted by molar-refractivity contribution is -0.384. The third-order valence-corrected chi connectivity index (χ3v) is 15.6. The number of nitrogens with one attached hydrogen (secondary N) is 3. The van der Waals surface area contributed by atoms with Crippen molar-refractivity contribution in [3.8, 4) is 34.2 Å². The van der Waals surface area contributed by atoms with Crippen molar-refractivity contribution in [1.82, 2.24) is 24.6 Å². The molecule has 1 unspecified atom stereocenters. The molecule has 6 aromatic rings. The number of hydrogen-bond donors (Lipinski definition) is 3. The van der Waals surface area contributed by atoms with Crippen LogP contribution in [0.4, 0.5) is 21.5 Å². The van der Waals surface area contributed by atoms with Gasteiger partial charge in [0, 0.05) is 83.6 Å². The first-order chi connectivity index (χ1) is 34.6. The molecule has 3 N–H and O–H groups in total. The van der Waals surface area contributed by atoms with Gasteiger partial charge in [-0.3, -0.25) is 19.6 Å². The predicted octanol–water partition coefficient (Wildman–Crippen LogP) is 10.4. The first-order valence-corrected chi connectivity index (χ1v) is 27.0.